The number of amides is 1. The summed E-state index contributed by atoms with van der Waals surface area (Å²) in [7, 11) is 2.08. The summed E-state index contributed by atoms with van der Waals surface area (Å²) in [5.74, 6) is 0.0330. The quantitative estimate of drug-likeness (QED) is 0.410. The summed E-state index contributed by atoms with van der Waals surface area (Å²) in [6.45, 7) is 2.09. The lowest BCUT2D eigenvalue weighted by Gasteiger charge is -2.29. The van der Waals surface area contributed by atoms with E-state index in [4.69, 9.17) is 0 Å². The molecule has 0 bridgehead atoms. The van der Waals surface area contributed by atoms with Crippen molar-refractivity contribution in [3.8, 4) is 0 Å². The lowest BCUT2D eigenvalue weighted by molar-refractivity contribution is -0.757. The van der Waals surface area contributed by atoms with Crippen LogP contribution in [0.4, 0.5) is 0 Å². The highest BCUT2D eigenvalue weighted by atomic mass is 16.9. The highest BCUT2D eigenvalue weighted by Crippen LogP contribution is 2.08. The molecule has 0 unspecified atom stereocenters. The monoisotopic (exact) mass is 259 g/mol. The van der Waals surface area contributed by atoms with Crippen molar-refractivity contribution in [3.63, 3.8) is 0 Å². The van der Waals surface area contributed by atoms with E-state index in [2.05, 4.69) is 22.1 Å². The molecule has 1 amide bonds. The third-order valence-electron chi connectivity index (χ3n) is 3.08. The van der Waals surface area contributed by atoms with Crippen molar-refractivity contribution < 1.29 is 14.7 Å². The van der Waals surface area contributed by atoms with Gasteiger partial charge in [-0.2, -0.15) is 0 Å². The van der Waals surface area contributed by atoms with E-state index in [0.29, 0.717) is 19.3 Å². The van der Waals surface area contributed by atoms with Gasteiger partial charge >= 0.3 is 0 Å². The molecule has 0 radical (unpaired) electrons. The van der Waals surface area contributed by atoms with Crippen LogP contribution in [0.25, 0.3) is 0 Å². The normalized spacial score (nSPS) is 17.4. The van der Waals surface area contributed by atoms with Crippen molar-refractivity contribution in [2.45, 2.75) is 38.1 Å². The van der Waals surface area contributed by atoms with Crippen LogP contribution in [0.2, 0.25) is 0 Å². The zero-order valence-electron chi connectivity index (χ0n) is 10.8. The fraction of sp³-hybridized carbons (Fsp3) is 0.909. The molecule has 1 saturated heterocycles. The van der Waals surface area contributed by atoms with Crippen LogP contribution in [0.5, 0.6) is 0 Å². The summed E-state index contributed by atoms with van der Waals surface area (Å²) in [6, 6.07) is 0.281. The van der Waals surface area contributed by atoms with Crippen molar-refractivity contribution in [1.29, 1.82) is 0 Å². The highest BCUT2D eigenvalue weighted by Gasteiger charge is 2.17. The van der Waals surface area contributed by atoms with Gasteiger partial charge in [-0.15, -0.1) is 10.1 Å². The van der Waals surface area contributed by atoms with Gasteiger partial charge in [0.2, 0.25) is 5.91 Å². The summed E-state index contributed by atoms with van der Waals surface area (Å²) >= 11 is 0. The van der Waals surface area contributed by atoms with E-state index in [1.54, 1.807) is 0 Å². The minimum absolute atomic E-state index is 0.0330. The Morgan fingerprint density at radius 3 is 2.72 bits per heavy atom. The molecule has 1 rings (SSSR count). The third-order valence-corrected chi connectivity index (χ3v) is 3.08. The Hall–Kier alpha value is -1.37. The summed E-state index contributed by atoms with van der Waals surface area (Å²) in [6.07, 6.45) is 3.54. The molecule has 0 aliphatic carbocycles. The van der Waals surface area contributed by atoms with Gasteiger partial charge in [0.1, 0.15) is 0 Å². The van der Waals surface area contributed by atoms with Crippen LogP contribution >= 0.6 is 0 Å². The van der Waals surface area contributed by atoms with E-state index >= 15 is 0 Å². The molecule has 1 aliphatic heterocycles. The number of rotatable bonds is 7. The van der Waals surface area contributed by atoms with Crippen LogP contribution < -0.4 is 5.32 Å². The Balaban J connectivity index is 2.01. The Morgan fingerprint density at radius 1 is 1.44 bits per heavy atom. The molecule has 1 N–H and O–H groups in total. The molecule has 1 fully saturated rings. The maximum atomic E-state index is 11.6. The second-order valence-electron chi connectivity index (χ2n) is 4.66. The summed E-state index contributed by atoms with van der Waals surface area (Å²) in [5, 5.41) is 12.1. The number of nitrogens with one attached hydrogen (secondary N) is 1. The van der Waals surface area contributed by atoms with E-state index in [1.807, 2.05) is 0 Å². The Kier molecular flexibility index (Phi) is 6.42. The molecule has 104 valence electrons. The predicted molar refractivity (Wildman–Crippen MR) is 65.5 cm³/mol. The minimum Gasteiger partial charge on any atom is -0.353 e. The van der Waals surface area contributed by atoms with Gasteiger partial charge in [0.25, 0.3) is 5.09 Å². The third kappa shape index (κ3) is 6.39. The van der Waals surface area contributed by atoms with Gasteiger partial charge in [0.05, 0.1) is 6.61 Å². The van der Waals surface area contributed by atoms with Crippen molar-refractivity contribution in [1.82, 2.24) is 10.2 Å². The second kappa shape index (κ2) is 7.86. The summed E-state index contributed by atoms with van der Waals surface area (Å²) in [5.41, 5.74) is 0. The molecular weight excluding hydrogens is 238 g/mol. The molecule has 7 nitrogen and oxygen atoms in total. The number of carbonyl (C=O) groups excluding carboxylic acids is 1. The topological polar surface area (TPSA) is 84.7 Å². The first-order chi connectivity index (χ1) is 8.58. The average molecular weight is 259 g/mol. The van der Waals surface area contributed by atoms with Crippen LogP contribution in [0.15, 0.2) is 0 Å². The van der Waals surface area contributed by atoms with Gasteiger partial charge in [-0.25, -0.2) is 0 Å². The van der Waals surface area contributed by atoms with Crippen molar-refractivity contribution in [2.75, 3.05) is 26.7 Å². The van der Waals surface area contributed by atoms with E-state index in [1.165, 1.54) is 0 Å². The summed E-state index contributed by atoms with van der Waals surface area (Å²) < 4.78 is 0. The number of likely N-dealkylation sites (tertiary alicyclic amines) is 1. The second-order valence-corrected chi connectivity index (χ2v) is 4.66. The van der Waals surface area contributed by atoms with Crippen LogP contribution in [-0.4, -0.2) is 48.7 Å². The zero-order valence-corrected chi connectivity index (χ0v) is 10.8. The first kappa shape index (κ1) is 14.7. The van der Waals surface area contributed by atoms with Crippen molar-refractivity contribution in [3.05, 3.63) is 10.1 Å². The lowest BCUT2D eigenvalue weighted by atomic mass is 10.1. The van der Waals surface area contributed by atoms with Gasteiger partial charge < -0.3 is 15.1 Å². The molecule has 0 saturated carbocycles. The van der Waals surface area contributed by atoms with E-state index in [0.717, 1.165) is 25.9 Å². The predicted octanol–water partition coefficient (Wildman–Crippen LogP) is 0.575. The van der Waals surface area contributed by atoms with E-state index in [-0.39, 0.29) is 18.6 Å². The van der Waals surface area contributed by atoms with Gasteiger partial charge in [0.15, 0.2) is 0 Å². The number of carbonyl (C=O) groups is 1. The van der Waals surface area contributed by atoms with Crippen molar-refractivity contribution in [2.24, 2.45) is 0 Å². The molecule has 1 aliphatic rings. The Bertz CT molecular complexity index is 277. The Morgan fingerprint density at radius 2 is 2.11 bits per heavy atom. The van der Waals surface area contributed by atoms with Crippen LogP contribution in [0, 0.1) is 10.1 Å². The van der Waals surface area contributed by atoms with Gasteiger partial charge in [0, 0.05) is 12.5 Å². The summed E-state index contributed by atoms with van der Waals surface area (Å²) in [4.78, 5) is 27.9. The standard InChI is InChI=1S/C11H21N3O4/c1-13-7-5-10(6-8-13)12-11(15)4-2-3-9-18-14(16)17/h10H,2-9H2,1H3,(H,12,15). The molecule has 18 heavy (non-hydrogen) atoms. The maximum Gasteiger partial charge on any atom is 0.294 e. The zero-order chi connectivity index (χ0) is 13.4. The maximum absolute atomic E-state index is 11.6. The largest absolute Gasteiger partial charge is 0.353 e. The van der Waals surface area contributed by atoms with Crippen LogP contribution in [0.1, 0.15) is 32.1 Å². The smallest absolute Gasteiger partial charge is 0.294 e. The number of unbranched alkanes of at least 4 members (excludes halogenated alkanes) is 1. The lowest BCUT2D eigenvalue weighted by Crippen LogP contribution is -2.43. The van der Waals surface area contributed by atoms with E-state index < -0.39 is 5.09 Å². The molecular formula is C11H21N3O4. The minimum atomic E-state index is -0.807. The van der Waals surface area contributed by atoms with Crippen molar-refractivity contribution >= 4 is 5.91 Å². The molecule has 0 aromatic rings. The molecule has 0 atom stereocenters. The van der Waals surface area contributed by atoms with Crippen LogP contribution in [-0.2, 0) is 9.63 Å². The number of nitrogens with zero attached hydrogens (tertiary/aromatic N) is 2. The molecule has 1 heterocycles. The van der Waals surface area contributed by atoms with Crippen LogP contribution in [0.3, 0.4) is 0 Å². The molecule has 7 heteroatoms. The fourth-order valence-corrected chi connectivity index (χ4v) is 1.98. The SMILES string of the molecule is CN1CCC(NC(=O)CCCCO[N+](=O)[O-])CC1. The number of hydrogen-bond donors (Lipinski definition) is 1. The fourth-order valence-electron chi connectivity index (χ4n) is 1.98. The average Bonchev–Trinajstić information content (AvgIpc) is 2.31. The van der Waals surface area contributed by atoms with Gasteiger partial charge in [-0.1, -0.05) is 0 Å². The number of piperidine rings is 1. The molecule has 0 aromatic carbocycles. The first-order valence-electron chi connectivity index (χ1n) is 6.33. The molecule has 0 aromatic heterocycles. The van der Waals surface area contributed by atoms with Gasteiger partial charge in [-0.05, 0) is 45.8 Å². The van der Waals surface area contributed by atoms with Gasteiger partial charge in [-0.3, -0.25) is 4.79 Å². The van der Waals surface area contributed by atoms with E-state index in [9.17, 15) is 14.9 Å². The molecule has 0 spiro atoms. The Labute approximate surface area is 107 Å². The number of hydrogen-bond acceptors (Lipinski definition) is 5. The first-order valence-corrected chi connectivity index (χ1v) is 6.33. The highest BCUT2D eigenvalue weighted by molar-refractivity contribution is 5.76.